The zero-order valence-electron chi connectivity index (χ0n) is 12.0. The van der Waals surface area contributed by atoms with Crippen LogP contribution in [0.5, 0.6) is 0 Å². The van der Waals surface area contributed by atoms with Crippen LogP contribution in [0.25, 0.3) is 0 Å². The van der Waals surface area contributed by atoms with Gasteiger partial charge in [-0.3, -0.25) is 9.69 Å². The third kappa shape index (κ3) is 4.10. The summed E-state index contributed by atoms with van der Waals surface area (Å²) in [4.78, 5) is 14.9. The van der Waals surface area contributed by atoms with E-state index in [4.69, 9.17) is 0 Å². The van der Waals surface area contributed by atoms with Gasteiger partial charge in [0.2, 0.25) is 5.91 Å². The van der Waals surface area contributed by atoms with E-state index in [1.54, 1.807) is 0 Å². The van der Waals surface area contributed by atoms with Crippen LogP contribution in [0.4, 0.5) is 0 Å². The van der Waals surface area contributed by atoms with E-state index in [1.165, 1.54) is 24.6 Å². The molecular weight excluding hydrogens is 258 g/mol. The van der Waals surface area contributed by atoms with Crippen LogP contribution in [-0.4, -0.2) is 61.6 Å². The third-order valence-corrected chi connectivity index (χ3v) is 5.21. The fourth-order valence-corrected chi connectivity index (χ4v) is 4.06. The number of hydrogen-bond acceptors (Lipinski definition) is 4. The lowest BCUT2D eigenvalue weighted by atomic mass is 9.81. The summed E-state index contributed by atoms with van der Waals surface area (Å²) in [6.07, 6.45) is 3.08. The van der Waals surface area contributed by atoms with Gasteiger partial charge >= 0.3 is 0 Å². The molecule has 0 aromatic heterocycles. The summed E-state index contributed by atoms with van der Waals surface area (Å²) in [5.74, 6) is 2.74. The van der Waals surface area contributed by atoms with Crippen LogP contribution in [0.2, 0.25) is 0 Å². The molecule has 19 heavy (non-hydrogen) atoms. The van der Waals surface area contributed by atoms with Crippen molar-refractivity contribution in [1.82, 2.24) is 15.5 Å². The van der Waals surface area contributed by atoms with Crippen LogP contribution in [0, 0.1) is 5.41 Å². The summed E-state index contributed by atoms with van der Waals surface area (Å²) in [5.41, 5.74) is -0.132. The lowest BCUT2D eigenvalue weighted by Gasteiger charge is -2.29. The summed E-state index contributed by atoms with van der Waals surface area (Å²) in [5, 5.41) is 6.51. The van der Waals surface area contributed by atoms with E-state index in [2.05, 4.69) is 22.5 Å². The maximum atomic E-state index is 12.4. The number of carbonyl (C=O) groups excluding carboxylic acids is 1. The van der Waals surface area contributed by atoms with Crippen molar-refractivity contribution < 1.29 is 4.79 Å². The maximum absolute atomic E-state index is 12.4. The van der Waals surface area contributed by atoms with Crippen molar-refractivity contribution >= 4 is 17.7 Å². The quantitative estimate of drug-likeness (QED) is 0.762. The Hall–Kier alpha value is -0.260. The van der Waals surface area contributed by atoms with Crippen LogP contribution in [0.1, 0.15) is 26.2 Å². The van der Waals surface area contributed by atoms with Crippen molar-refractivity contribution in [1.29, 1.82) is 0 Å². The van der Waals surface area contributed by atoms with Crippen molar-refractivity contribution in [3.63, 3.8) is 0 Å². The number of carbonyl (C=O) groups is 1. The minimum absolute atomic E-state index is 0.132. The van der Waals surface area contributed by atoms with Crippen LogP contribution in [0.3, 0.4) is 0 Å². The largest absolute Gasteiger partial charge is 0.354 e. The standard InChI is InChI=1S/C14H27N3OS/c1-2-3-14(4-5-15-12-14)13(18)16-6-7-17-8-10-19-11-9-17/h15H,2-12H2,1H3,(H,16,18). The van der Waals surface area contributed by atoms with Crippen LogP contribution >= 0.6 is 11.8 Å². The number of rotatable bonds is 6. The zero-order valence-corrected chi connectivity index (χ0v) is 12.9. The average molecular weight is 285 g/mol. The molecule has 0 aliphatic carbocycles. The fourth-order valence-electron chi connectivity index (χ4n) is 3.08. The van der Waals surface area contributed by atoms with Gasteiger partial charge in [-0.25, -0.2) is 0 Å². The highest BCUT2D eigenvalue weighted by atomic mass is 32.2. The predicted molar refractivity (Wildman–Crippen MR) is 81.6 cm³/mol. The Bertz CT molecular complexity index is 286. The molecular formula is C14H27N3OS. The van der Waals surface area contributed by atoms with Gasteiger partial charge < -0.3 is 10.6 Å². The van der Waals surface area contributed by atoms with Gasteiger partial charge in [0.1, 0.15) is 0 Å². The summed E-state index contributed by atoms with van der Waals surface area (Å²) < 4.78 is 0. The first-order valence-corrected chi connectivity index (χ1v) is 8.71. The number of amides is 1. The van der Waals surface area contributed by atoms with E-state index in [-0.39, 0.29) is 11.3 Å². The summed E-state index contributed by atoms with van der Waals surface area (Å²) in [6.45, 7) is 8.14. The van der Waals surface area contributed by atoms with Gasteiger partial charge in [-0.05, 0) is 19.4 Å². The van der Waals surface area contributed by atoms with Crippen LogP contribution in [0.15, 0.2) is 0 Å². The molecule has 2 N–H and O–H groups in total. The first-order valence-electron chi connectivity index (χ1n) is 7.56. The lowest BCUT2D eigenvalue weighted by Crippen LogP contribution is -2.46. The Kier molecular flexibility index (Phi) is 5.98. The number of thioether (sulfide) groups is 1. The van der Waals surface area contributed by atoms with Crippen molar-refractivity contribution in [3.05, 3.63) is 0 Å². The highest BCUT2D eigenvalue weighted by molar-refractivity contribution is 7.99. The topological polar surface area (TPSA) is 44.4 Å². The minimum atomic E-state index is -0.132. The first kappa shape index (κ1) is 15.1. The molecule has 2 aliphatic heterocycles. The molecule has 1 atom stereocenters. The number of nitrogens with one attached hydrogen (secondary N) is 2. The van der Waals surface area contributed by atoms with Gasteiger partial charge in [-0.15, -0.1) is 0 Å². The summed E-state index contributed by atoms with van der Waals surface area (Å²) >= 11 is 2.03. The first-order chi connectivity index (χ1) is 9.27. The second-order valence-electron chi connectivity index (χ2n) is 5.67. The second-order valence-corrected chi connectivity index (χ2v) is 6.89. The van der Waals surface area contributed by atoms with Gasteiger partial charge in [0, 0.05) is 44.2 Å². The minimum Gasteiger partial charge on any atom is -0.354 e. The molecule has 2 fully saturated rings. The van der Waals surface area contributed by atoms with E-state index in [0.717, 1.165) is 45.4 Å². The SMILES string of the molecule is CCCC1(C(=O)NCCN2CCSCC2)CCNC1. The van der Waals surface area contributed by atoms with E-state index in [0.29, 0.717) is 0 Å². The Labute approximate surface area is 121 Å². The molecule has 0 aromatic carbocycles. The van der Waals surface area contributed by atoms with Crippen LogP contribution in [-0.2, 0) is 4.79 Å². The average Bonchev–Trinajstić information content (AvgIpc) is 2.90. The highest BCUT2D eigenvalue weighted by Crippen LogP contribution is 2.31. The molecule has 1 amide bonds. The van der Waals surface area contributed by atoms with E-state index >= 15 is 0 Å². The molecule has 4 nitrogen and oxygen atoms in total. The van der Waals surface area contributed by atoms with Crippen molar-refractivity contribution in [2.45, 2.75) is 26.2 Å². The van der Waals surface area contributed by atoms with Gasteiger partial charge in [0.15, 0.2) is 0 Å². The second kappa shape index (κ2) is 7.50. The van der Waals surface area contributed by atoms with Gasteiger partial charge in [0.05, 0.1) is 5.41 Å². The molecule has 1 unspecified atom stereocenters. The molecule has 0 bridgehead atoms. The smallest absolute Gasteiger partial charge is 0.227 e. The van der Waals surface area contributed by atoms with Crippen LogP contribution < -0.4 is 10.6 Å². The van der Waals surface area contributed by atoms with Gasteiger partial charge in [0.25, 0.3) is 0 Å². The molecule has 0 saturated carbocycles. The maximum Gasteiger partial charge on any atom is 0.227 e. The van der Waals surface area contributed by atoms with Crippen molar-refractivity contribution in [2.75, 3.05) is 50.8 Å². The van der Waals surface area contributed by atoms with Gasteiger partial charge in [-0.1, -0.05) is 13.3 Å². The molecule has 0 spiro atoms. The number of hydrogen-bond donors (Lipinski definition) is 2. The zero-order chi connectivity index (χ0) is 13.6. The van der Waals surface area contributed by atoms with E-state index < -0.39 is 0 Å². The number of nitrogens with zero attached hydrogens (tertiary/aromatic N) is 1. The molecule has 5 heteroatoms. The molecule has 2 aliphatic rings. The Morgan fingerprint density at radius 3 is 2.84 bits per heavy atom. The summed E-state index contributed by atoms with van der Waals surface area (Å²) in [6, 6.07) is 0. The van der Waals surface area contributed by atoms with E-state index in [1.807, 2.05) is 11.8 Å². The molecule has 2 saturated heterocycles. The van der Waals surface area contributed by atoms with E-state index in [9.17, 15) is 4.79 Å². The van der Waals surface area contributed by atoms with Crippen molar-refractivity contribution in [3.8, 4) is 0 Å². The highest BCUT2D eigenvalue weighted by Gasteiger charge is 2.39. The summed E-state index contributed by atoms with van der Waals surface area (Å²) in [7, 11) is 0. The molecule has 0 aromatic rings. The molecule has 2 heterocycles. The monoisotopic (exact) mass is 285 g/mol. The Balaban J connectivity index is 1.73. The Morgan fingerprint density at radius 1 is 1.42 bits per heavy atom. The fraction of sp³-hybridized carbons (Fsp3) is 0.929. The third-order valence-electron chi connectivity index (χ3n) is 4.27. The molecule has 2 rings (SSSR count). The molecule has 0 radical (unpaired) electrons. The Morgan fingerprint density at radius 2 is 2.21 bits per heavy atom. The normalized spacial score (nSPS) is 28.5. The van der Waals surface area contributed by atoms with Crippen molar-refractivity contribution in [2.24, 2.45) is 5.41 Å². The lowest BCUT2D eigenvalue weighted by molar-refractivity contribution is -0.130. The predicted octanol–water partition coefficient (Wildman–Crippen LogP) is 0.931. The molecule has 110 valence electrons. The van der Waals surface area contributed by atoms with Gasteiger partial charge in [-0.2, -0.15) is 11.8 Å².